The molecule has 0 radical (unpaired) electrons. The van der Waals surface area contributed by atoms with Gasteiger partial charge in [-0.1, -0.05) is 18.2 Å². The van der Waals surface area contributed by atoms with Crippen molar-refractivity contribution in [2.75, 3.05) is 12.4 Å². The van der Waals surface area contributed by atoms with E-state index in [0.717, 1.165) is 25.2 Å². The molecule has 0 aliphatic heterocycles. The van der Waals surface area contributed by atoms with Gasteiger partial charge >= 0.3 is 0 Å². The minimum absolute atomic E-state index is 0.228. The molecule has 0 rings (SSSR count). The zero-order valence-electron chi connectivity index (χ0n) is 8.84. The second-order valence-electron chi connectivity index (χ2n) is 3.32. The average molecular weight is 220 g/mol. The largest absolute Gasteiger partial charge is 0.421 e. The molecule has 0 unspecified atom stereocenters. The molecular formula is C9H20O2SSi. The minimum Gasteiger partial charge on any atom is -0.421 e. The fraction of sp³-hybridized carbons (Fsp3) is 0.889. The predicted octanol–water partition coefficient (Wildman–Crippen LogP) is 2.44. The molecule has 0 saturated heterocycles. The Morgan fingerprint density at radius 1 is 1.31 bits per heavy atom. The van der Waals surface area contributed by atoms with E-state index in [4.69, 9.17) is 4.43 Å². The molecule has 0 spiro atoms. The number of thioether (sulfide) groups is 1. The van der Waals surface area contributed by atoms with Crippen molar-refractivity contribution in [3.8, 4) is 0 Å². The third-order valence-electron chi connectivity index (χ3n) is 1.55. The van der Waals surface area contributed by atoms with Crippen molar-refractivity contribution < 1.29 is 9.22 Å². The Balaban J connectivity index is 2.96. The summed E-state index contributed by atoms with van der Waals surface area (Å²) < 4.78 is 5.53. The quantitative estimate of drug-likeness (QED) is 0.487. The predicted molar refractivity (Wildman–Crippen MR) is 61.8 cm³/mol. The lowest BCUT2D eigenvalue weighted by molar-refractivity contribution is -0.109. The summed E-state index contributed by atoms with van der Waals surface area (Å²) in [4.78, 5) is 10.6. The zero-order chi connectivity index (χ0) is 10.1. The van der Waals surface area contributed by atoms with Crippen LogP contribution in [-0.2, 0) is 9.22 Å². The highest BCUT2D eigenvalue weighted by Crippen LogP contribution is 2.06. The van der Waals surface area contributed by atoms with Crippen LogP contribution < -0.4 is 0 Å². The third kappa shape index (κ3) is 12.2. The molecule has 0 fully saturated rings. The van der Waals surface area contributed by atoms with Crippen LogP contribution in [0.15, 0.2) is 0 Å². The number of hydrogen-bond acceptors (Lipinski definition) is 3. The van der Waals surface area contributed by atoms with Crippen LogP contribution in [0.2, 0.25) is 13.1 Å². The lowest BCUT2D eigenvalue weighted by Gasteiger charge is -2.05. The Labute approximate surface area is 87.2 Å². The molecule has 78 valence electrons. The first-order valence-corrected chi connectivity index (χ1v) is 8.64. The number of hydrogen-bond donors (Lipinski definition) is 0. The third-order valence-corrected chi connectivity index (χ3v) is 3.35. The minimum atomic E-state index is -0.805. The number of unbranched alkanes of at least 4 members (excludes halogenated alkanes) is 2. The van der Waals surface area contributed by atoms with Gasteiger partial charge in [0.1, 0.15) is 0 Å². The summed E-state index contributed by atoms with van der Waals surface area (Å²) in [6, 6.07) is 0. The zero-order valence-corrected chi connectivity index (χ0v) is 10.8. The van der Waals surface area contributed by atoms with Crippen LogP contribution >= 0.6 is 11.8 Å². The summed E-state index contributed by atoms with van der Waals surface area (Å²) in [5.74, 6) is 0.967. The summed E-state index contributed by atoms with van der Waals surface area (Å²) >= 11 is 1.42. The first-order chi connectivity index (χ1) is 6.13. The molecule has 13 heavy (non-hydrogen) atoms. The van der Waals surface area contributed by atoms with Gasteiger partial charge in [-0.15, -0.1) is 0 Å². The Bertz CT molecular complexity index is 140. The van der Waals surface area contributed by atoms with Crippen LogP contribution in [0, 0.1) is 0 Å². The Morgan fingerprint density at radius 3 is 2.54 bits per heavy atom. The lowest BCUT2D eigenvalue weighted by Crippen LogP contribution is -2.08. The van der Waals surface area contributed by atoms with E-state index in [1.54, 1.807) is 6.92 Å². The second kappa shape index (κ2) is 8.78. The van der Waals surface area contributed by atoms with Crippen molar-refractivity contribution in [3.63, 3.8) is 0 Å². The van der Waals surface area contributed by atoms with E-state index >= 15 is 0 Å². The van der Waals surface area contributed by atoms with E-state index in [1.165, 1.54) is 18.2 Å². The number of carbonyl (C=O) groups excluding carboxylic acids is 1. The van der Waals surface area contributed by atoms with Gasteiger partial charge in [-0.05, 0) is 25.9 Å². The fourth-order valence-electron chi connectivity index (χ4n) is 0.916. The van der Waals surface area contributed by atoms with Crippen LogP contribution in [0.1, 0.15) is 26.2 Å². The highest BCUT2D eigenvalue weighted by atomic mass is 32.2. The van der Waals surface area contributed by atoms with Gasteiger partial charge in [-0.3, -0.25) is 4.79 Å². The molecule has 0 N–H and O–H groups in total. The molecule has 0 aromatic carbocycles. The van der Waals surface area contributed by atoms with E-state index in [2.05, 4.69) is 13.1 Å². The average Bonchev–Trinajstić information content (AvgIpc) is 2.01. The van der Waals surface area contributed by atoms with E-state index in [-0.39, 0.29) is 5.12 Å². The topological polar surface area (TPSA) is 26.3 Å². The van der Waals surface area contributed by atoms with Crippen molar-refractivity contribution in [2.45, 2.75) is 39.3 Å². The molecule has 2 nitrogen and oxygen atoms in total. The van der Waals surface area contributed by atoms with E-state index in [9.17, 15) is 4.79 Å². The molecule has 4 heteroatoms. The van der Waals surface area contributed by atoms with Crippen molar-refractivity contribution in [1.82, 2.24) is 0 Å². The smallest absolute Gasteiger partial charge is 0.185 e. The Kier molecular flexibility index (Phi) is 8.91. The van der Waals surface area contributed by atoms with Gasteiger partial charge in [-0.25, -0.2) is 0 Å². The standard InChI is InChI=1S/C9H20O2SSi/c1-9(10)12-8-6-4-5-7-11-13(2)3/h13H,4-8H2,1-3H3. The van der Waals surface area contributed by atoms with Crippen LogP contribution in [0.3, 0.4) is 0 Å². The van der Waals surface area contributed by atoms with Gasteiger partial charge in [-0.2, -0.15) is 0 Å². The molecule has 0 aromatic heterocycles. The summed E-state index contributed by atoms with van der Waals surface area (Å²) in [7, 11) is -0.805. The van der Waals surface area contributed by atoms with Crippen LogP contribution in [0.25, 0.3) is 0 Å². The first kappa shape index (κ1) is 13.2. The maximum Gasteiger partial charge on any atom is 0.185 e. The van der Waals surface area contributed by atoms with Gasteiger partial charge in [0, 0.05) is 19.3 Å². The van der Waals surface area contributed by atoms with Crippen molar-refractivity contribution in [1.29, 1.82) is 0 Å². The van der Waals surface area contributed by atoms with E-state index in [0.29, 0.717) is 0 Å². The van der Waals surface area contributed by atoms with Crippen molar-refractivity contribution >= 4 is 25.9 Å². The summed E-state index contributed by atoms with van der Waals surface area (Å²) in [6.45, 7) is 6.91. The molecule has 0 atom stereocenters. The summed E-state index contributed by atoms with van der Waals surface area (Å²) in [6.07, 6.45) is 3.46. The highest BCUT2D eigenvalue weighted by Gasteiger charge is 1.96. The molecule has 0 aliphatic carbocycles. The lowest BCUT2D eigenvalue weighted by atomic mass is 10.3. The monoisotopic (exact) mass is 220 g/mol. The van der Waals surface area contributed by atoms with Gasteiger partial charge < -0.3 is 4.43 Å². The molecular weight excluding hydrogens is 200 g/mol. The fourth-order valence-corrected chi connectivity index (χ4v) is 2.19. The van der Waals surface area contributed by atoms with Gasteiger partial charge in [0.15, 0.2) is 14.2 Å². The molecule has 0 heterocycles. The molecule has 0 saturated carbocycles. The first-order valence-electron chi connectivity index (χ1n) is 4.88. The van der Waals surface area contributed by atoms with E-state index < -0.39 is 9.04 Å². The maximum absolute atomic E-state index is 10.6. The van der Waals surface area contributed by atoms with Crippen molar-refractivity contribution in [3.05, 3.63) is 0 Å². The number of rotatable bonds is 7. The SMILES string of the molecule is CC(=O)SCCCCCO[SiH](C)C. The molecule has 0 amide bonds. The van der Waals surface area contributed by atoms with Gasteiger partial charge in [0.25, 0.3) is 0 Å². The van der Waals surface area contributed by atoms with Crippen molar-refractivity contribution in [2.24, 2.45) is 0 Å². The van der Waals surface area contributed by atoms with Gasteiger partial charge in [0.2, 0.25) is 0 Å². The van der Waals surface area contributed by atoms with Crippen LogP contribution in [0.5, 0.6) is 0 Å². The second-order valence-corrected chi connectivity index (χ2v) is 7.02. The summed E-state index contributed by atoms with van der Waals surface area (Å²) in [5, 5.41) is 0.228. The van der Waals surface area contributed by atoms with E-state index in [1.807, 2.05) is 0 Å². The number of carbonyl (C=O) groups is 1. The normalized spacial score (nSPS) is 10.8. The molecule has 0 bridgehead atoms. The maximum atomic E-state index is 10.6. The molecule has 0 aromatic rings. The molecule has 0 aliphatic rings. The van der Waals surface area contributed by atoms with Crippen LogP contribution in [0.4, 0.5) is 0 Å². The van der Waals surface area contributed by atoms with Crippen LogP contribution in [-0.4, -0.2) is 26.5 Å². The van der Waals surface area contributed by atoms with Gasteiger partial charge in [0.05, 0.1) is 0 Å². The summed E-state index contributed by atoms with van der Waals surface area (Å²) in [5.41, 5.74) is 0. The highest BCUT2D eigenvalue weighted by molar-refractivity contribution is 8.13. The Hall–Kier alpha value is 0.197. The Morgan fingerprint density at radius 2 is 2.00 bits per heavy atom.